The Morgan fingerprint density at radius 1 is 1.03 bits per heavy atom. The molecule has 0 atom stereocenters. The van der Waals surface area contributed by atoms with Crippen molar-refractivity contribution in [1.29, 1.82) is 0 Å². The van der Waals surface area contributed by atoms with E-state index in [4.69, 9.17) is 0 Å². The highest BCUT2D eigenvalue weighted by atomic mass is 32.1. The third kappa shape index (κ3) is 4.11. The van der Waals surface area contributed by atoms with Crippen molar-refractivity contribution in [3.8, 4) is 5.69 Å². The summed E-state index contributed by atoms with van der Waals surface area (Å²) in [5.41, 5.74) is 0.903. The number of amides is 1. The number of benzene rings is 1. The summed E-state index contributed by atoms with van der Waals surface area (Å²) >= 11 is 1.31. The molecule has 1 aromatic carbocycles. The summed E-state index contributed by atoms with van der Waals surface area (Å²) < 4.78 is 3.95. The number of thiophene rings is 1. The molecule has 1 aliphatic rings. The molecule has 39 heavy (non-hydrogen) atoms. The largest absolute Gasteiger partial charge is 0.337 e. The van der Waals surface area contributed by atoms with Gasteiger partial charge in [0.05, 0.1) is 29.9 Å². The highest BCUT2D eigenvalue weighted by Crippen LogP contribution is 2.33. The standard InChI is InChI=1S/C28H23N5O5S/c1-16(34)18-6-5-7-20(12-18)33-26(37)25-21-9-11-30(17(2)35)15-22(21)39-27(25)32(28(33)38)14-19-13-24(36)31-10-4-3-8-23(31)29-19/h3-8,10,12-13H,9,11,14-15H2,1-2H3. The average molecular weight is 542 g/mol. The van der Waals surface area contributed by atoms with Crippen molar-refractivity contribution in [2.24, 2.45) is 0 Å². The fraction of sp³-hybridized carbons (Fsp3) is 0.214. The van der Waals surface area contributed by atoms with Gasteiger partial charge in [0, 0.05) is 36.2 Å². The van der Waals surface area contributed by atoms with Crippen LogP contribution in [0.2, 0.25) is 0 Å². The van der Waals surface area contributed by atoms with Gasteiger partial charge in [-0.25, -0.2) is 14.3 Å². The fourth-order valence-electron chi connectivity index (χ4n) is 5.05. The van der Waals surface area contributed by atoms with Crippen LogP contribution in [-0.4, -0.2) is 41.7 Å². The van der Waals surface area contributed by atoms with Gasteiger partial charge < -0.3 is 4.90 Å². The minimum atomic E-state index is -0.606. The molecule has 10 nitrogen and oxygen atoms in total. The third-order valence-corrected chi connectivity index (χ3v) is 8.26. The van der Waals surface area contributed by atoms with Crippen molar-refractivity contribution in [2.45, 2.75) is 33.4 Å². The normalized spacial score (nSPS) is 13.1. The molecule has 0 unspecified atom stereocenters. The monoisotopic (exact) mass is 541 g/mol. The Morgan fingerprint density at radius 3 is 2.62 bits per heavy atom. The molecule has 0 aliphatic carbocycles. The number of aromatic nitrogens is 4. The first-order valence-electron chi connectivity index (χ1n) is 12.4. The van der Waals surface area contributed by atoms with E-state index in [0.717, 1.165) is 15.0 Å². The molecule has 0 N–H and O–H groups in total. The van der Waals surface area contributed by atoms with E-state index >= 15 is 0 Å². The van der Waals surface area contributed by atoms with Gasteiger partial charge in [-0.1, -0.05) is 18.2 Å². The zero-order valence-electron chi connectivity index (χ0n) is 21.2. The number of Topliss-reactive ketones (excluding diaryl/α,β-unsaturated/α-hetero) is 1. The maximum absolute atomic E-state index is 14.0. The van der Waals surface area contributed by atoms with Gasteiger partial charge in [0.25, 0.3) is 11.1 Å². The summed E-state index contributed by atoms with van der Waals surface area (Å²) in [7, 11) is 0. The molecule has 0 fully saturated rings. The van der Waals surface area contributed by atoms with Gasteiger partial charge in [-0.15, -0.1) is 11.3 Å². The highest BCUT2D eigenvalue weighted by molar-refractivity contribution is 7.18. The first-order chi connectivity index (χ1) is 18.7. The number of nitrogens with zero attached hydrogens (tertiary/aromatic N) is 5. The smallest absolute Gasteiger partial charge is 0.337 e. The summed E-state index contributed by atoms with van der Waals surface area (Å²) in [6.45, 7) is 3.71. The van der Waals surface area contributed by atoms with E-state index in [9.17, 15) is 24.0 Å². The number of carbonyl (C=O) groups excluding carboxylic acids is 2. The molecule has 5 aromatic rings. The van der Waals surface area contributed by atoms with Crippen molar-refractivity contribution < 1.29 is 9.59 Å². The van der Waals surface area contributed by atoms with Crippen LogP contribution in [0.5, 0.6) is 0 Å². The lowest BCUT2D eigenvalue weighted by Gasteiger charge is -2.25. The van der Waals surface area contributed by atoms with E-state index < -0.39 is 11.2 Å². The minimum absolute atomic E-state index is 0.0432. The van der Waals surface area contributed by atoms with Crippen LogP contribution in [0.3, 0.4) is 0 Å². The molecule has 11 heteroatoms. The van der Waals surface area contributed by atoms with Crippen LogP contribution in [0.1, 0.15) is 40.3 Å². The van der Waals surface area contributed by atoms with Gasteiger partial charge in [-0.05, 0) is 43.2 Å². The van der Waals surface area contributed by atoms with E-state index in [2.05, 4.69) is 4.98 Å². The van der Waals surface area contributed by atoms with E-state index in [1.54, 1.807) is 47.5 Å². The molecule has 4 aromatic heterocycles. The molecule has 0 saturated carbocycles. The third-order valence-electron chi connectivity index (χ3n) is 7.02. The van der Waals surface area contributed by atoms with Crippen LogP contribution in [0, 0.1) is 0 Å². The fourth-order valence-corrected chi connectivity index (χ4v) is 6.40. The Bertz CT molecular complexity index is 2020. The molecule has 0 spiro atoms. The Morgan fingerprint density at radius 2 is 1.85 bits per heavy atom. The molecule has 0 saturated heterocycles. The zero-order chi connectivity index (χ0) is 27.4. The molecule has 6 rings (SSSR count). The molecule has 5 heterocycles. The van der Waals surface area contributed by atoms with Crippen LogP contribution >= 0.6 is 11.3 Å². The average Bonchev–Trinajstić information content (AvgIpc) is 3.30. The predicted molar refractivity (Wildman–Crippen MR) is 147 cm³/mol. The first-order valence-corrected chi connectivity index (χ1v) is 13.2. The van der Waals surface area contributed by atoms with Crippen molar-refractivity contribution in [3.63, 3.8) is 0 Å². The van der Waals surface area contributed by atoms with Crippen LogP contribution in [0.25, 0.3) is 21.6 Å². The minimum Gasteiger partial charge on any atom is -0.337 e. The van der Waals surface area contributed by atoms with Crippen molar-refractivity contribution >= 4 is 38.9 Å². The predicted octanol–water partition coefficient (Wildman–Crippen LogP) is 2.38. The summed E-state index contributed by atoms with van der Waals surface area (Å²) in [5.74, 6) is -0.251. The Kier molecular flexibility index (Phi) is 5.87. The van der Waals surface area contributed by atoms with Gasteiger partial charge in [0.2, 0.25) is 5.91 Å². The Balaban J connectivity index is 1.63. The van der Waals surface area contributed by atoms with Crippen LogP contribution in [0.4, 0.5) is 0 Å². The van der Waals surface area contributed by atoms with Gasteiger partial charge in [0.1, 0.15) is 10.5 Å². The summed E-state index contributed by atoms with van der Waals surface area (Å²) in [5, 5.41) is 0.406. The quantitative estimate of drug-likeness (QED) is 0.323. The van der Waals surface area contributed by atoms with E-state index in [0.29, 0.717) is 46.6 Å². The maximum atomic E-state index is 14.0. The van der Waals surface area contributed by atoms with Gasteiger partial charge in [-0.2, -0.15) is 0 Å². The number of fused-ring (bicyclic) bond motifs is 4. The van der Waals surface area contributed by atoms with Crippen molar-refractivity contribution in [2.75, 3.05) is 6.54 Å². The molecule has 0 bridgehead atoms. The van der Waals surface area contributed by atoms with Crippen molar-refractivity contribution in [3.05, 3.63) is 108 Å². The molecule has 0 radical (unpaired) electrons. The second-order valence-electron chi connectivity index (χ2n) is 9.50. The number of pyridine rings is 1. The lowest BCUT2D eigenvalue weighted by atomic mass is 10.1. The van der Waals surface area contributed by atoms with Gasteiger partial charge in [-0.3, -0.25) is 28.1 Å². The first kappa shape index (κ1) is 24.7. The number of hydrogen-bond donors (Lipinski definition) is 0. The van der Waals surface area contributed by atoms with E-state index in [1.807, 2.05) is 0 Å². The molecule has 1 amide bonds. The number of hydrogen-bond acceptors (Lipinski definition) is 7. The Labute approximate surface area is 225 Å². The van der Waals surface area contributed by atoms with Gasteiger partial charge in [0.15, 0.2) is 5.78 Å². The Hall–Kier alpha value is -4.64. The lowest BCUT2D eigenvalue weighted by molar-refractivity contribution is -0.129. The molecular weight excluding hydrogens is 518 g/mol. The topological polar surface area (TPSA) is 116 Å². The molecular formula is C28H23N5O5S. The van der Waals surface area contributed by atoms with Crippen LogP contribution in [0.15, 0.2) is 69.1 Å². The van der Waals surface area contributed by atoms with Crippen LogP contribution < -0.4 is 16.8 Å². The van der Waals surface area contributed by atoms with Crippen molar-refractivity contribution in [1.82, 2.24) is 23.4 Å². The highest BCUT2D eigenvalue weighted by Gasteiger charge is 2.28. The summed E-state index contributed by atoms with van der Waals surface area (Å²) in [6.07, 6.45) is 2.10. The lowest BCUT2D eigenvalue weighted by Crippen LogP contribution is -2.39. The maximum Gasteiger partial charge on any atom is 0.337 e. The second kappa shape index (κ2) is 9.28. The zero-order valence-corrected chi connectivity index (χ0v) is 22.0. The number of ketones is 1. The van der Waals surface area contributed by atoms with Crippen LogP contribution in [-0.2, 0) is 24.3 Å². The van der Waals surface area contributed by atoms with Gasteiger partial charge >= 0.3 is 5.69 Å². The molecule has 1 aliphatic heterocycles. The number of rotatable bonds is 4. The number of carbonyl (C=O) groups is 2. The summed E-state index contributed by atoms with van der Waals surface area (Å²) in [4.78, 5) is 72.4. The van der Waals surface area contributed by atoms with E-state index in [-0.39, 0.29) is 29.5 Å². The SMILES string of the molecule is CC(=O)c1cccc(-n2c(=O)c3c4c(sc3n(Cc3cc(=O)n5ccccc5n3)c2=O)CN(C(C)=O)CC4)c1. The molecule has 196 valence electrons. The second-order valence-corrected chi connectivity index (χ2v) is 10.6. The van der Waals surface area contributed by atoms with E-state index in [1.165, 1.54) is 46.3 Å². The summed E-state index contributed by atoms with van der Waals surface area (Å²) in [6, 6.07) is 13.0.